The zero-order chi connectivity index (χ0) is 17.1. The van der Waals surface area contributed by atoms with E-state index in [9.17, 15) is 4.79 Å². The number of carbonyl (C=O) groups excluding carboxylic acids is 1. The highest BCUT2D eigenvalue weighted by molar-refractivity contribution is 14.0. The van der Waals surface area contributed by atoms with Crippen LogP contribution in [0.4, 0.5) is 0 Å². The summed E-state index contributed by atoms with van der Waals surface area (Å²) in [5.41, 5.74) is 1.31. The lowest BCUT2D eigenvalue weighted by Gasteiger charge is -2.37. The molecule has 0 spiro atoms. The van der Waals surface area contributed by atoms with Gasteiger partial charge in [0.1, 0.15) is 0 Å². The summed E-state index contributed by atoms with van der Waals surface area (Å²) in [5, 5.41) is 5.40. The van der Waals surface area contributed by atoms with Crippen LogP contribution in [0.3, 0.4) is 0 Å². The highest BCUT2D eigenvalue weighted by Crippen LogP contribution is 2.24. The third-order valence-corrected chi connectivity index (χ3v) is 5.96. The molecule has 0 saturated carbocycles. The number of guanidine groups is 1. The van der Waals surface area contributed by atoms with Crippen molar-refractivity contribution in [2.75, 3.05) is 33.2 Å². The third kappa shape index (κ3) is 5.09. The Bertz CT molecular complexity index is 608. The number of hydrogen-bond donors (Lipinski definition) is 1. The molecular formula is C18H29IN4OS. The van der Waals surface area contributed by atoms with Crippen LogP contribution in [0, 0.1) is 11.8 Å². The number of hydrogen-bond acceptors (Lipinski definition) is 3. The Kier molecular flexibility index (Phi) is 7.54. The summed E-state index contributed by atoms with van der Waals surface area (Å²) in [4.78, 5) is 22.6. The Labute approximate surface area is 171 Å². The molecule has 0 radical (unpaired) electrons. The van der Waals surface area contributed by atoms with E-state index in [0.717, 1.165) is 38.6 Å². The fourth-order valence-corrected chi connectivity index (χ4v) is 4.79. The number of fused-ring (bicyclic) bond motifs is 1. The standard InChI is InChI=1S/C18H28N4OS.HI/c1-13-8-14(2)11-22(10-13)18(19-3)20-9-17(23)21-6-4-16-15(12-21)5-7-24-16;/h5,7,13-14H,4,6,8-12H2,1-3H3,(H,19,20);1H. The van der Waals surface area contributed by atoms with Gasteiger partial charge in [-0.05, 0) is 41.7 Å². The highest BCUT2D eigenvalue weighted by Gasteiger charge is 2.25. The van der Waals surface area contributed by atoms with Gasteiger partial charge in [-0.3, -0.25) is 9.79 Å². The minimum Gasteiger partial charge on any atom is -0.347 e. The fraction of sp³-hybridized carbons (Fsp3) is 0.667. The molecule has 1 amide bonds. The quantitative estimate of drug-likeness (QED) is 0.406. The molecule has 7 heteroatoms. The van der Waals surface area contributed by atoms with E-state index in [4.69, 9.17) is 0 Å². The van der Waals surface area contributed by atoms with Crippen molar-refractivity contribution in [2.24, 2.45) is 16.8 Å². The van der Waals surface area contributed by atoms with Gasteiger partial charge in [0, 0.05) is 38.1 Å². The van der Waals surface area contributed by atoms with Crippen LogP contribution in [0.5, 0.6) is 0 Å². The molecule has 1 aromatic heterocycles. The van der Waals surface area contributed by atoms with Gasteiger partial charge in [0.05, 0.1) is 6.54 Å². The maximum atomic E-state index is 12.6. The molecule has 3 heterocycles. The summed E-state index contributed by atoms with van der Waals surface area (Å²) in [5.74, 6) is 2.35. The van der Waals surface area contributed by atoms with E-state index in [0.29, 0.717) is 18.4 Å². The Hall–Kier alpha value is -0.830. The highest BCUT2D eigenvalue weighted by atomic mass is 127. The molecule has 2 aliphatic heterocycles. The summed E-state index contributed by atoms with van der Waals surface area (Å²) in [6.45, 7) is 8.49. The Morgan fingerprint density at radius 1 is 1.32 bits per heavy atom. The molecule has 1 saturated heterocycles. The summed E-state index contributed by atoms with van der Waals surface area (Å²) in [6, 6.07) is 2.14. The number of amides is 1. The second-order valence-corrected chi connectivity index (χ2v) is 8.19. The van der Waals surface area contributed by atoms with E-state index in [1.54, 1.807) is 18.4 Å². The van der Waals surface area contributed by atoms with Crippen molar-refractivity contribution in [1.82, 2.24) is 15.1 Å². The SMILES string of the molecule is CN=C(NCC(=O)N1CCc2sccc2C1)N1CC(C)CC(C)C1.I. The number of piperidine rings is 1. The van der Waals surface area contributed by atoms with Crippen LogP contribution in [-0.2, 0) is 17.8 Å². The van der Waals surface area contributed by atoms with Crippen LogP contribution in [0.25, 0.3) is 0 Å². The normalized spacial score (nSPS) is 23.7. The van der Waals surface area contributed by atoms with Gasteiger partial charge in [0.25, 0.3) is 0 Å². The van der Waals surface area contributed by atoms with Gasteiger partial charge in [0.2, 0.25) is 5.91 Å². The minimum atomic E-state index is 0. The third-order valence-electron chi connectivity index (χ3n) is 4.94. The van der Waals surface area contributed by atoms with Crippen LogP contribution >= 0.6 is 35.3 Å². The number of nitrogens with zero attached hydrogens (tertiary/aromatic N) is 3. The molecule has 0 aromatic carbocycles. The van der Waals surface area contributed by atoms with Crippen LogP contribution in [0.2, 0.25) is 0 Å². The van der Waals surface area contributed by atoms with Crippen LogP contribution in [0.1, 0.15) is 30.7 Å². The number of nitrogens with one attached hydrogen (secondary N) is 1. The number of thiophene rings is 1. The monoisotopic (exact) mass is 476 g/mol. The smallest absolute Gasteiger partial charge is 0.242 e. The molecule has 2 atom stereocenters. The topological polar surface area (TPSA) is 47.9 Å². The van der Waals surface area contributed by atoms with Gasteiger partial charge >= 0.3 is 0 Å². The summed E-state index contributed by atoms with van der Waals surface area (Å²) in [7, 11) is 1.80. The van der Waals surface area contributed by atoms with Crippen LogP contribution in [0.15, 0.2) is 16.4 Å². The van der Waals surface area contributed by atoms with Crippen molar-refractivity contribution in [2.45, 2.75) is 33.2 Å². The molecule has 2 unspecified atom stereocenters. The lowest BCUT2D eigenvalue weighted by molar-refractivity contribution is -0.130. The molecule has 2 aliphatic rings. The zero-order valence-corrected chi connectivity index (χ0v) is 18.5. The number of carbonyl (C=O) groups is 1. The van der Waals surface area contributed by atoms with Crippen LogP contribution in [-0.4, -0.2) is 54.9 Å². The van der Waals surface area contributed by atoms with Gasteiger partial charge in [-0.15, -0.1) is 35.3 Å². The molecular weight excluding hydrogens is 447 g/mol. The fourth-order valence-electron chi connectivity index (χ4n) is 3.90. The average Bonchev–Trinajstić information content (AvgIpc) is 3.02. The molecule has 0 bridgehead atoms. The number of halogens is 1. The van der Waals surface area contributed by atoms with Crippen molar-refractivity contribution >= 4 is 47.2 Å². The molecule has 25 heavy (non-hydrogen) atoms. The predicted molar refractivity (Wildman–Crippen MR) is 115 cm³/mol. The number of rotatable bonds is 2. The molecule has 0 aliphatic carbocycles. The minimum absolute atomic E-state index is 0. The maximum Gasteiger partial charge on any atom is 0.242 e. The Morgan fingerprint density at radius 3 is 2.72 bits per heavy atom. The van der Waals surface area contributed by atoms with Crippen molar-refractivity contribution in [3.8, 4) is 0 Å². The lowest BCUT2D eigenvalue weighted by atomic mass is 9.92. The summed E-state index contributed by atoms with van der Waals surface area (Å²) < 4.78 is 0. The van der Waals surface area contributed by atoms with E-state index in [-0.39, 0.29) is 29.9 Å². The van der Waals surface area contributed by atoms with Gasteiger partial charge in [-0.1, -0.05) is 13.8 Å². The molecule has 140 valence electrons. The first kappa shape index (κ1) is 20.5. The largest absolute Gasteiger partial charge is 0.347 e. The summed E-state index contributed by atoms with van der Waals surface area (Å²) >= 11 is 1.80. The first-order valence-electron chi connectivity index (χ1n) is 8.85. The van der Waals surface area contributed by atoms with Crippen molar-refractivity contribution < 1.29 is 4.79 Å². The first-order valence-corrected chi connectivity index (χ1v) is 9.73. The van der Waals surface area contributed by atoms with E-state index in [2.05, 4.69) is 40.5 Å². The van der Waals surface area contributed by atoms with Gasteiger partial charge in [-0.25, -0.2) is 0 Å². The zero-order valence-electron chi connectivity index (χ0n) is 15.3. The average molecular weight is 476 g/mol. The second-order valence-electron chi connectivity index (χ2n) is 7.19. The van der Waals surface area contributed by atoms with Crippen molar-refractivity contribution in [3.63, 3.8) is 0 Å². The predicted octanol–water partition coefficient (Wildman–Crippen LogP) is 2.80. The lowest BCUT2D eigenvalue weighted by Crippen LogP contribution is -2.51. The van der Waals surface area contributed by atoms with Gasteiger partial charge in [-0.2, -0.15) is 0 Å². The van der Waals surface area contributed by atoms with E-state index in [1.807, 2.05) is 4.90 Å². The van der Waals surface area contributed by atoms with Crippen molar-refractivity contribution in [1.29, 1.82) is 0 Å². The Morgan fingerprint density at radius 2 is 2.04 bits per heavy atom. The molecule has 1 fully saturated rings. The molecule has 5 nitrogen and oxygen atoms in total. The molecule has 3 rings (SSSR count). The van der Waals surface area contributed by atoms with E-state index < -0.39 is 0 Å². The van der Waals surface area contributed by atoms with E-state index in [1.165, 1.54) is 16.9 Å². The van der Waals surface area contributed by atoms with Gasteiger partial charge < -0.3 is 15.1 Å². The van der Waals surface area contributed by atoms with Gasteiger partial charge in [0.15, 0.2) is 5.96 Å². The Balaban J connectivity index is 0.00000225. The second kappa shape index (κ2) is 9.21. The summed E-state index contributed by atoms with van der Waals surface area (Å²) in [6.07, 6.45) is 2.25. The number of likely N-dealkylation sites (tertiary alicyclic amines) is 1. The number of aliphatic imine (C=N–C) groups is 1. The maximum absolute atomic E-state index is 12.6. The van der Waals surface area contributed by atoms with Crippen molar-refractivity contribution in [3.05, 3.63) is 21.9 Å². The van der Waals surface area contributed by atoms with Crippen LogP contribution < -0.4 is 5.32 Å². The molecule has 1 aromatic rings. The first-order chi connectivity index (χ1) is 11.6. The van der Waals surface area contributed by atoms with E-state index >= 15 is 0 Å². The molecule has 1 N–H and O–H groups in total.